The van der Waals surface area contributed by atoms with Crippen LogP contribution in [0.15, 0.2) is 0 Å². The Balaban J connectivity index is 2.33. The molecule has 92 valence electrons. The summed E-state index contributed by atoms with van der Waals surface area (Å²) in [5.41, 5.74) is 0. The topological polar surface area (TPSA) is 60.9 Å². The van der Waals surface area contributed by atoms with Crippen molar-refractivity contribution in [3.63, 3.8) is 0 Å². The largest absolute Gasteiger partial charge is 0.481 e. The van der Waals surface area contributed by atoms with Crippen molar-refractivity contribution in [2.24, 2.45) is 0 Å². The summed E-state index contributed by atoms with van der Waals surface area (Å²) < 4.78 is 0. The first-order valence-corrected chi connectivity index (χ1v) is 5.70. The van der Waals surface area contributed by atoms with Crippen molar-refractivity contribution in [3.05, 3.63) is 0 Å². The average Bonchev–Trinajstić information content (AvgIpc) is 2.16. The molecule has 1 atom stereocenters. The van der Waals surface area contributed by atoms with Crippen LogP contribution >= 0.6 is 0 Å². The summed E-state index contributed by atoms with van der Waals surface area (Å²) in [5, 5.41) is 8.49. The SMILES string of the molecule is CC1CN(C)CCN1C(=O)CCCC(=O)O. The van der Waals surface area contributed by atoms with Crippen molar-refractivity contribution in [3.8, 4) is 0 Å². The Bertz CT molecular complexity index is 268. The van der Waals surface area contributed by atoms with Crippen LogP contribution < -0.4 is 0 Å². The van der Waals surface area contributed by atoms with Crippen molar-refractivity contribution in [2.45, 2.75) is 32.2 Å². The molecule has 5 nitrogen and oxygen atoms in total. The van der Waals surface area contributed by atoms with Crippen molar-refractivity contribution in [1.29, 1.82) is 0 Å². The van der Waals surface area contributed by atoms with Gasteiger partial charge in [-0.1, -0.05) is 0 Å². The lowest BCUT2D eigenvalue weighted by atomic mass is 10.1. The number of carbonyl (C=O) groups excluding carboxylic acids is 1. The molecule has 0 bridgehead atoms. The number of carboxylic acid groups (broad SMARTS) is 1. The molecule has 16 heavy (non-hydrogen) atoms. The first kappa shape index (κ1) is 13.0. The summed E-state index contributed by atoms with van der Waals surface area (Å²) in [6.07, 6.45) is 0.863. The molecule has 1 aliphatic rings. The molecule has 5 heteroatoms. The smallest absolute Gasteiger partial charge is 0.303 e. The van der Waals surface area contributed by atoms with Gasteiger partial charge in [0.2, 0.25) is 5.91 Å². The summed E-state index contributed by atoms with van der Waals surface area (Å²) in [5.74, 6) is -0.749. The summed E-state index contributed by atoms with van der Waals surface area (Å²) in [7, 11) is 2.04. The van der Waals surface area contributed by atoms with Crippen LogP contribution in [0.4, 0.5) is 0 Å². The quantitative estimate of drug-likeness (QED) is 0.757. The number of piperazine rings is 1. The van der Waals surface area contributed by atoms with Gasteiger partial charge in [-0.05, 0) is 20.4 Å². The highest BCUT2D eigenvalue weighted by Crippen LogP contribution is 2.11. The maximum Gasteiger partial charge on any atom is 0.303 e. The van der Waals surface area contributed by atoms with E-state index in [4.69, 9.17) is 5.11 Å². The van der Waals surface area contributed by atoms with E-state index in [0.717, 1.165) is 19.6 Å². The number of likely N-dealkylation sites (N-methyl/N-ethyl adjacent to an activating group) is 1. The summed E-state index contributed by atoms with van der Waals surface area (Å²) in [6, 6.07) is 0.232. The predicted molar refractivity (Wildman–Crippen MR) is 60.2 cm³/mol. The number of rotatable bonds is 4. The molecule has 1 heterocycles. The average molecular weight is 228 g/mol. The molecule has 1 fully saturated rings. The van der Waals surface area contributed by atoms with E-state index in [0.29, 0.717) is 12.8 Å². The highest BCUT2D eigenvalue weighted by Gasteiger charge is 2.25. The fourth-order valence-electron chi connectivity index (χ4n) is 2.04. The van der Waals surface area contributed by atoms with E-state index in [2.05, 4.69) is 4.90 Å². The predicted octanol–water partition coefficient (Wildman–Crippen LogP) is 0.404. The van der Waals surface area contributed by atoms with E-state index in [-0.39, 0.29) is 18.4 Å². The zero-order chi connectivity index (χ0) is 12.1. The first-order valence-electron chi connectivity index (χ1n) is 5.70. The molecule has 1 saturated heterocycles. The van der Waals surface area contributed by atoms with Gasteiger partial charge >= 0.3 is 5.97 Å². The Hall–Kier alpha value is -1.10. The summed E-state index contributed by atoms with van der Waals surface area (Å²) in [4.78, 5) is 26.2. The number of amides is 1. The molecule has 0 saturated carbocycles. The Morgan fingerprint density at radius 1 is 1.31 bits per heavy atom. The third-order valence-corrected chi connectivity index (χ3v) is 2.93. The molecule has 0 aromatic carbocycles. The second-order valence-electron chi connectivity index (χ2n) is 4.45. The lowest BCUT2D eigenvalue weighted by molar-refractivity contribution is -0.138. The molecule has 1 aliphatic heterocycles. The first-order chi connectivity index (χ1) is 7.50. The highest BCUT2D eigenvalue weighted by atomic mass is 16.4. The molecular formula is C11H20N2O3. The van der Waals surface area contributed by atoms with E-state index in [1.54, 1.807) is 0 Å². The van der Waals surface area contributed by atoms with Crippen molar-refractivity contribution >= 4 is 11.9 Å². The van der Waals surface area contributed by atoms with Gasteiger partial charge in [0.05, 0.1) is 0 Å². The van der Waals surface area contributed by atoms with Crippen molar-refractivity contribution in [1.82, 2.24) is 9.80 Å². The molecule has 1 unspecified atom stereocenters. The van der Waals surface area contributed by atoms with Gasteiger partial charge in [0, 0.05) is 38.5 Å². The normalized spacial score (nSPS) is 22.1. The maximum atomic E-state index is 11.8. The van der Waals surface area contributed by atoms with E-state index in [9.17, 15) is 9.59 Å². The fraction of sp³-hybridized carbons (Fsp3) is 0.818. The molecule has 1 amide bonds. The lowest BCUT2D eigenvalue weighted by Gasteiger charge is -2.38. The maximum absolute atomic E-state index is 11.8. The fourth-order valence-corrected chi connectivity index (χ4v) is 2.04. The number of carbonyl (C=O) groups is 2. The summed E-state index contributed by atoms with van der Waals surface area (Å²) in [6.45, 7) is 4.58. The minimum Gasteiger partial charge on any atom is -0.481 e. The molecule has 1 rings (SSSR count). The van der Waals surface area contributed by atoms with E-state index in [1.165, 1.54) is 0 Å². The van der Waals surface area contributed by atoms with Gasteiger partial charge in [0.25, 0.3) is 0 Å². The van der Waals surface area contributed by atoms with Crippen LogP contribution in [0.5, 0.6) is 0 Å². The molecule has 0 aromatic rings. The molecular weight excluding hydrogens is 208 g/mol. The number of carboxylic acids is 1. The molecule has 0 spiro atoms. The van der Waals surface area contributed by atoms with Gasteiger partial charge in [0.1, 0.15) is 0 Å². The standard InChI is InChI=1S/C11H20N2O3/c1-9-8-12(2)6-7-13(9)10(14)4-3-5-11(15)16/h9H,3-8H2,1-2H3,(H,15,16). The minimum atomic E-state index is -0.834. The number of hydrogen-bond donors (Lipinski definition) is 1. The van der Waals surface area contributed by atoms with Gasteiger partial charge in [-0.15, -0.1) is 0 Å². The van der Waals surface area contributed by atoms with E-state index < -0.39 is 5.97 Å². The molecule has 0 aliphatic carbocycles. The Kier molecular flexibility index (Phi) is 4.73. The Morgan fingerprint density at radius 3 is 2.56 bits per heavy atom. The minimum absolute atomic E-state index is 0.0772. The lowest BCUT2D eigenvalue weighted by Crippen LogP contribution is -2.52. The number of aliphatic carboxylic acids is 1. The Morgan fingerprint density at radius 2 is 2.00 bits per heavy atom. The summed E-state index contributed by atoms with van der Waals surface area (Å²) >= 11 is 0. The van der Waals surface area contributed by atoms with Crippen LogP contribution in [0.1, 0.15) is 26.2 Å². The zero-order valence-electron chi connectivity index (χ0n) is 9.98. The Labute approximate surface area is 96.0 Å². The molecule has 0 aromatic heterocycles. The van der Waals surface area contributed by atoms with Gasteiger partial charge < -0.3 is 14.9 Å². The van der Waals surface area contributed by atoms with Crippen molar-refractivity contribution < 1.29 is 14.7 Å². The zero-order valence-corrected chi connectivity index (χ0v) is 9.98. The van der Waals surface area contributed by atoms with Crippen LogP contribution in [-0.2, 0) is 9.59 Å². The van der Waals surface area contributed by atoms with Gasteiger partial charge in [-0.2, -0.15) is 0 Å². The highest BCUT2D eigenvalue weighted by molar-refractivity contribution is 5.77. The van der Waals surface area contributed by atoms with Crippen LogP contribution in [0.2, 0.25) is 0 Å². The van der Waals surface area contributed by atoms with Crippen LogP contribution in [0.25, 0.3) is 0 Å². The molecule has 1 N–H and O–H groups in total. The van der Waals surface area contributed by atoms with E-state index in [1.807, 2.05) is 18.9 Å². The van der Waals surface area contributed by atoms with Crippen LogP contribution in [-0.4, -0.2) is 59.5 Å². The van der Waals surface area contributed by atoms with Gasteiger partial charge in [0.15, 0.2) is 0 Å². The third kappa shape index (κ3) is 3.81. The van der Waals surface area contributed by atoms with Gasteiger partial charge in [-0.3, -0.25) is 9.59 Å². The monoisotopic (exact) mass is 228 g/mol. The molecule has 0 radical (unpaired) electrons. The van der Waals surface area contributed by atoms with E-state index >= 15 is 0 Å². The second-order valence-corrected chi connectivity index (χ2v) is 4.45. The second kappa shape index (κ2) is 5.84. The van der Waals surface area contributed by atoms with Crippen molar-refractivity contribution in [2.75, 3.05) is 26.7 Å². The third-order valence-electron chi connectivity index (χ3n) is 2.93. The number of nitrogens with zero attached hydrogens (tertiary/aromatic N) is 2. The van der Waals surface area contributed by atoms with Crippen LogP contribution in [0, 0.1) is 0 Å². The van der Waals surface area contributed by atoms with Crippen LogP contribution in [0.3, 0.4) is 0 Å². The van der Waals surface area contributed by atoms with Gasteiger partial charge in [-0.25, -0.2) is 0 Å². The number of hydrogen-bond acceptors (Lipinski definition) is 3.